The van der Waals surface area contributed by atoms with Crippen molar-refractivity contribution in [3.8, 4) is 5.75 Å². The number of benzene rings is 2. The van der Waals surface area contributed by atoms with Gasteiger partial charge in [0, 0.05) is 19.2 Å². The summed E-state index contributed by atoms with van der Waals surface area (Å²) in [6, 6.07) is 12.6. The second-order valence-corrected chi connectivity index (χ2v) is 6.45. The fourth-order valence-electron chi connectivity index (χ4n) is 2.28. The van der Waals surface area contributed by atoms with E-state index >= 15 is 0 Å². The molecule has 1 aromatic heterocycles. The Labute approximate surface area is 143 Å². The summed E-state index contributed by atoms with van der Waals surface area (Å²) in [4.78, 5) is 17.0. The lowest BCUT2D eigenvalue weighted by Crippen LogP contribution is -2.23. The predicted molar refractivity (Wildman–Crippen MR) is 96.2 cm³/mol. The molecule has 0 saturated carbocycles. The second-order valence-electron chi connectivity index (χ2n) is 5.44. The van der Waals surface area contributed by atoms with E-state index in [2.05, 4.69) is 4.98 Å². The molecule has 2 aromatic carbocycles. The van der Waals surface area contributed by atoms with Gasteiger partial charge < -0.3 is 9.64 Å². The number of fused-ring (bicyclic) bond motifs is 1. The third-order valence-electron chi connectivity index (χ3n) is 3.68. The number of non-ortho nitro benzene ring substituents is 1. The molecule has 0 bridgehead atoms. The van der Waals surface area contributed by atoms with Gasteiger partial charge in [-0.3, -0.25) is 10.1 Å². The van der Waals surface area contributed by atoms with Gasteiger partial charge in [-0.05, 0) is 24.6 Å². The maximum Gasteiger partial charge on any atom is 0.270 e. The molecule has 0 amide bonds. The van der Waals surface area contributed by atoms with Gasteiger partial charge in [0.05, 0.1) is 21.7 Å². The molecule has 1 heterocycles. The van der Waals surface area contributed by atoms with E-state index in [0.29, 0.717) is 13.2 Å². The lowest BCUT2D eigenvalue weighted by molar-refractivity contribution is -0.384. The Morgan fingerprint density at radius 2 is 2.08 bits per heavy atom. The number of hydrogen-bond donors (Lipinski definition) is 0. The van der Waals surface area contributed by atoms with Gasteiger partial charge in [0.1, 0.15) is 12.4 Å². The average Bonchev–Trinajstić information content (AvgIpc) is 2.99. The predicted octanol–water partition coefficient (Wildman–Crippen LogP) is 4.03. The number of ether oxygens (including phenoxy) is 1. The molecule has 3 rings (SSSR count). The highest BCUT2D eigenvalue weighted by Crippen LogP contribution is 2.30. The quantitative estimate of drug-likeness (QED) is 0.499. The number of para-hydroxylation sites is 1. The van der Waals surface area contributed by atoms with Gasteiger partial charge in [-0.25, -0.2) is 4.98 Å². The van der Waals surface area contributed by atoms with Crippen LogP contribution in [0.5, 0.6) is 5.75 Å². The minimum atomic E-state index is -0.390. The largest absolute Gasteiger partial charge is 0.491 e. The Hall–Kier alpha value is -2.67. The van der Waals surface area contributed by atoms with E-state index in [-0.39, 0.29) is 5.69 Å². The topological polar surface area (TPSA) is 68.5 Å². The summed E-state index contributed by atoms with van der Waals surface area (Å²) in [6.45, 7) is 3.23. The number of rotatable bonds is 6. The second kappa shape index (κ2) is 6.84. The van der Waals surface area contributed by atoms with Crippen LogP contribution in [0.3, 0.4) is 0 Å². The number of nitrogens with zero attached hydrogens (tertiary/aromatic N) is 3. The first-order chi connectivity index (χ1) is 11.5. The minimum Gasteiger partial charge on any atom is -0.491 e. The van der Waals surface area contributed by atoms with E-state index in [1.807, 2.05) is 43.1 Å². The highest BCUT2D eigenvalue weighted by atomic mass is 32.1. The molecule has 0 saturated heterocycles. The number of aryl methyl sites for hydroxylation is 1. The van der Waals surface area contributed by atoms with E-state index in [9.17, 15) is 10.1 Å². The average molecular weight is 343 g/mol. The van der Waals surface area contributed by atoms with Crippen molar-refractivity contribution in [1.82, 2.24) is 4.98 Å². The van der Waals surface area contributed by atoms with Crippen LogP contribution < -0.4 is 9.64 Å². The van der Waals surface area contributed by atoms with Crippen molar-refractivity contribution in [1.29, 1.82) is 0 Å². The number of nitro benzene ring substituents is 1. The summed E-state index contributed by atoms with van der Waals surface area (Å²) in [5, 5.41) is 11.7. The molecule has 0 unspecified atom stereocenters. The van der Waals surface area contributed by atoms with E-state index in [1.54, 1.807) is 12.1 Å². The molecule has 0 aliphatic carbocycles. The molecule has 6 nitrogen and oxygen atoms in total. The van der Waals surface area contributed by atoms with Crippen LogP contribution in [0.1, 0.15) is 5.56 Å². The molecule has 24 heavy (non-hydrogen) atoms. The number of hydrogen-bond acceptors (Lipinski definition) is 6. The minimum absolute atomic E-state index is 0.0863. The molecule has 7 heteroatoms. The number of anilines is 1. The summed E-state index contributed by atoms with van der Waals surface area (Å²) in [7, 11) is 1.94. The van der Waals surface area contributed by atoms with Crippen molar-refractivity contribution in [2.75, 3.05) is 25.1 Å². The van der Waals surface area contributed by atoms with Crippen molar-refractivity contribution in [2.24, 2.45) is 0 Å². The fourth-order valence-corrected chi connectivity index (χ4v) is 3.27. The van der Waals surface area contributed by atoms with Crippen LogP contribution in [-0.2, 0) is 0 Å². The van der Waals surface area contributed by atoms with Crippen LogP contribution >= 0.6 is 11.3 Å². The Morgan fingerprint density at radius 3 is 2.83 bits per heavy atom. The van der Waals surface area contributed by atoms with Crippen LogP contribution in [-0.4, -0.2) is 30.1 Å². The number of thiazole rings is 1. The lowest BCUT2D eigenvalue weighted by Gasteiger charge is -2.16. The standard InChI is InChI=1S/C17H17N3O3S/c1-12-5-3-4-6-15(12)23-10-9-19(2)17-18-14-8-7-13(20(21)22)11-16(14)24-17/h3-8,11H,9-10H2,1-2H3. The monoisotopic (exact) mass is 343 g/mol. The van der Waals surface area contributed by atoms with Crippen molar-refractivity contribution in [3.63, 3.8) is 0 Å². The van der Waals surface area contributed by atoms with Gasteiger partial charge in [0.25, 0.3) is 5.69 Å². The lowest BCUT2D eigenvalue weighted by atomic mass is 10.2. The Morgan fingerprint density at radius 1 is 1.29 bits per heavy atom. The zero-order valence-corrected chi connectivity index (χ0v) is 14.2. The SMILES string of the molecule is Cc1ccccc1OCCN(C)c1nc2ccc([N+](=O)[O-])cc2s1. The maximum atomic E-state index is 10.9. The molecule has 124 valence electrons. The Balaban J connectivity index is 1.66. The number of likely N-dealkylation sites (N-methyl/N-ethyl adjacent to an activating group) is 1. The Bertz CT molecular complexity index is 878. The summed E-state index contributed by atoms with van der Waals surface area (Å²) in [5.41, 5.74) is 1.96. The first-order valence-corrected chi connectivity index (χ1v) is 8.31. The molecular weight excluding hydrogens is 326 g/mol. The fraction of sp³-hybridized carbons (Fsp3) is 0.235. The number of nitro groups is 1. The third-order valence-corrected chi connectivity index (χ3v) is 4.81. The summed E-state index contributed by atoms with van der Waals surface area (Å²) in [5.74, 6) is 0.880. The van der Waals surface area contributed by atoms with Gasteiger partial charge in [-0.2, -0.15) is 0 Å². The van der Waals surface area contributed by atoms with E-state index in [1.165, 1.54) is 17.4 Å². The van der Waals surface area contributed by atoms with Gasteiger partial charge >= 0.3 is 0 Å². The van der Waals surface area contributed by atoms with Gasteiger partial charge in [-0.15, -0.1) is 0 Å². The summed E-state index contributed by atoms with van der Waals surface area (Å²) < 4.78 is 6.61. The maximum absolute atomic E-state index is 10.9. The molecule has 0 atom stereocenters. The van der Waals surface area contributed by atoms with Crippen molar-refractivity contribution in [2.45, 2.75) is 6.92 Å². The van der Waals surface area contributed by atoms with Crippen molar-refractivity contribution < 1.29 is 9.66 Å². The number of aromatic nitrogens is 1. The summed E-state index contributed by atoms with van der Waals surface area (Å²) >= 11 is 1.44. The highest BCUT2D eigenvalue weighted by molar-refractivity contribution is 7.22. The molecule has 0 aliphatic rings. The third kappa shape index (κ3) is 3.46. The van der Waals surface area contributed by atoms with E-state index in [0.717, 1.165) is 26.7 Å². The highest BCUT2D eigenvalue weighted by Gasteiger charge is 2.12. The van der Waals surface area contributed by atoms with E-state index < -0.39 is 4.92 Å². The zero-order chi connectivity index (χ0) is 17.1. The van der Waals surface area contributed by atoms with Crippen molar-refractivity contribution in [3.05, 3.63) is 58.1 Å². The van der Waals surface area contributed by atoms with E-state index in [4.69, 9.17) is 4.74 Å². The van der Waals surface area contributed by atoms with Crippen LogP contribution in [0.2, 0.25) is 0 Å². The molecule has 0 N–H and O–H groups in total. The molecule has 0 spiro atoms. The van der Waals surface area contributed by atoms with Crippen LogP contribution in [0, 0.1) is 17.0 Å². The van der Waals surface area contributed by atoms with Gasteiger partial charge in [0.15, 0.2) is 5.13 Å². The summed E-state index contributed by atoms with van der Waals surface area (Å²) in [6.07, 6.45) is 0. The van der Waals surface area contributed by atoms with Crippen LogP contribution in [0.15, 0.2) is 42.5 Å². The smallest absolute Gasteiger partial charge is 0.270 e. The first-order valence-electron chi connectivity index (χ1n) is 7.49. The first kappa shape index (κ1) is 16.2. The molecular formula is C17H17N3O3S. The molecule has 0 radical (unpaired) electrons. The van der Waals surface area contributed by atoms with Crippen LogP contribution in [0.25, 0.3) is 10.2 Å². The molecule has 3 aromatic rings. The molecule has 0 aliphatic heterocycles. The Kier molecular flexibility index (Phi) is 4.61. The van der Waals surface area contributed by atoms with Crippen LogP contribution in [0.4, 0.5) is 10.8 Å². The molecule has 0 fully saturated rings. The van der Waals surface area contributed by atoms with Gasteiger partial charge in [-0.1, -0.05) is 29.5 Å². The normalized spacial score (nSPS) is 10.8. The zero-order valence-electron chi connectivity index (χ0n) is 13.4. The van der Waals surface area contributed by atoms with Gasteiger partial charge in [0.2, 0.25) is 0 Å². The van der Waals surface area contributed by atoms with Crippen molar-refractivity contribution >= 4 is 32.4 Å².